The van der Waals surface area contributed by atoms with E-state index >= 15 is 0 Å². The largest absolute Gasteiger partial charge is 1.00 e. The minimum Gasteiger partial charge on any atom is -1.00 e. The van der Waals surface area contributed by atoms with Crippen LogP contribution in [-0.4, -0.2) is 13.2 Å². The molecule has 0 aliphatic carbocycles. The van der Waals surface area contributed by atoms with Crippen molar-refractivity contribution >= 4 is 0 Å². The average molecular weight is 515 g/mol. The molecule has 0 saturated heterocycles. The molecular weight excluding hydrogens is 446 g/mol. The fourth-order valence-electron chi connectivity index (χ4n) is 4.90. The van der Waals surface area contributed by atoms with E-state index in [1.807, 2.05) is 0 Å². The van der Waals surface area contributed by atoms with Crippen molar-refractivity contribution < 1.29 is 66.7 Å². The smallest absolute Gasteiger partial charge is 1.00 e. The van der Waals surface area contributed by atoms with Gasteiger partial charge in [-0.2, -0.15) is 0 Å². The summed E-state index contributed by atoms with van der Waals surface area (Å²) in [6, 6.07) is 0. The predicted octanol–water partition coefficient (Wildman–Crippen LogP) is 6.20. The summed E-state index contributed by atoms with van der Waals surface area (Å²) < 4.78 is 5.85. The van der Waals surface area contributed by atoms with Crippen LogP contribution >= 0.6 is 0 Å². The standard InChI is InChI=1S/C32H66O.2Na.2H/c1-3-5-7-9-11-13-15-17-19-21-23-25-27-29-31-33-32-30-28-26-24-22-20-18-16-14-12-10-8-6-4-2;;;;/h3-32H2,1-2H3;;;;/q;2*+1;2*-1. The molecule has 0 aliphatic rings. The van der Waals surface area contributed by atoms with E-state index in [2.05, 4.69) is 13.8 Å². The summed E-state index contributed by atoms with van der Waals surface area (Å²) in [7, 11) is 0. The Balaban J connectivity index is -0.000000853. The molecule has 0 saturated carbocycles. The van der Waals surface area contributed by atoms with Crippen LogP contribution in [0.3, 0.4) is 0 Å². The Bertz CT molecular complexity index is 306. The van der Waals surface area contributed by atoms with Gasteiger partial charge in [-0.3, -0.25) is 0 Å². The fourth-order valence-corrected chi connectivity index (χ4v) is 4.90. The predicted molar refractivity (Wildman–Crippen MR) is 154 cm³/mol. The van der Waals surface area contributed by atoms with Crippen LogP contribution < -0.4 is 59.1 Å². The topological polar surface area (TPSA) is 9.23 Å². The van der Waals surface area contributed by atoms with Gasteiger partial charge in [0.1, 0.15) is 0 Å². The third-order valence-corrected chi connectivity index (χ3v) is 7.28. The van der Waals surface area contributed by atoms with Crippen LogP contribution in [0.2, 0.25) is 0 Å². The van der Waals surface area contributed by atoms with Gasteiger partial charge in [-0.25, -0.2) is 0 Å². The first-order valence-corrected chi connectivity index (χ1v) is 16.0. The second-order valence-electron chi connectivity index (χ2n) is 10.8. The zero-order chi connectivity index (χ0) is 23.9. The summed E-state index contributed by atoms with van der Waals surface area (Å²) in [5.41, 5.74) is 0. The van der Waals surface area contributed by atoms with E-state index in [0.29, 0.717) is 0 Å². The SMILES string of the molecule is CCCCCCCCCCCCCCCCOCCCCCCCCCCCCCCCC.[H-].[H-].[Na+].[Na+]. The molecule has 0 amide bonds. The zero-order valence-electron chi connectivity index (χ0n) is 27.6. The van der Waals surface area contributed by atoms with Crippen LogP contribution in [0, 0.1) is 0 Å². The Morgan fingerprint density at radius 3 is 0.657 bits per heavy atom. The summed E-state index contributed by atoms with van der Waals surface area (Å²) in [4.78, 5) is 0. The third kappa shape index (κ3) is 40.6. The number of rotatable bonds is 30. The van der Waals surface area contributed by atoms with E-state index in [9.17, 15) is 0 Å². The van der Waals surface area contributed by atoms with Crippen LogP contribution in [-0.2, 0) is 4.74 Å². The van der Waals surface area contributed by atoms with E-state index in [1.54, 1.807) is 0 Å². The molecule has 204 valence electrons. The van der Waals surface area contributed by atoms with Gasteiger partial charge < -0.3 is 7.59 Å². The second-order valence-corrected chi connectivity index (χ2v) is 10.8. The molecule has 0 bridgehead atoms. The molecule has 0 aliphatic heterocycles. The van der Waals surface area contributed by atoms with E-state index in [1.165, 1.54) is 180 Å². The third-order valence-electron chi connectivity index (χ3n) is 7.28. The first-order chi connectivity index (χ1) is 16.4. The number of hydrogen-bond donors (Lipinski definition) is 0. The number of ether oxygens (including phenoxy) is 1. The molecule has 1 nitrogen and oxygen atoms in total. The molecule has 0 fully saturated rings. The van der Waals surface area contributed by atoms with Gasteiger partial charge in [-0.05, 0) is 12.8 Å². The maximum Gasteiger partial charge on any atom is 1.00 e. The van der Waals surface area contributed by atoms with Crippen LogP contribution in [0.25, 0.3) is 0 Å². The Morgan fingerprint density at radius 1 is 0.286 bits per heavy atom. The van der Waals surface area contributed by atoms with Gasteiger partial charge in [0.05, 0.1) is 0 Å². The number of hydrogen-bond acceptors (Lipinski definition) is 1. The Labute approximate surface area is 271 Å². The van der Waals surface area contributed by atoms with Crippen LogP contribution in [0.4, 0.5) is 0 Å². The van der Waals surface area contributed by atoms with Crippen molar-refractivity contribution in [2.75, 3.05) is 13.2 Å². The van der Waals surface area contributed by atoms with Gasteiger partial charge in [-0.1, -0.05) is 181 Å². The van der Waals surface area contributed by atoms with Crippen molar-refractivity contribution in [2.45, 2.75) is 194 Å². The molecule has 0 rings (SSSR count). The Kier molecular flexibility index (Phi) is 47.9. The van der Waals surface area contributed by atoms with E-state index in [0.717, 1.165) is 13.2 Å². The summed E-state index contributed by atoms with van der Waals surface area (Å²) in [6.07, 6.45) is 40.1. The monoisotopic (exact) mass is 515 g/mol. The molecule has 0 N–H and O–H groups in total. The van der Waals surface area contributed by atoms with Crippen molar-refractivity contribution in [2.24, 2.45) is 0 Å². The Morgan fingerprint density at radius 2 is 0.457 bits per heavy atom. The average Bonchev–Trinajstić information content (AvgIpc) is 2.83. The first kappa shape index (κ1) is 41.4. The van der Waals surface area contributed by atoms with Gasteiger partial charge in [-0.15, -0.1) is 0 Å². The summed E-state index contributed by atoms with van der Waals surface area (Å²) >= 11 is 0. The second kappa shape index (κ2) is 40.5. The van der Waals surface area contributed by atoms with Crippen molar-refractivity contribution in [3.63, 3.8) is 0 Å². The van der Waals surface area contributed by atoms with Gasteiger partial charge in [0.25, 0.3) is 0 Å². The van der Waals surface area contributed by atoms with Gasteiger partial charge in [0.15, 0.2) is 0 Å². The molecule has 0 aromatic rings. The molecule has 0 radical (unpaired) electrons. The maximum absolute atomic E-state index is 5.85. The van der Waals surface area contributed by atoms with E-state index in [-0.39, 0.29) is 62.0 Å². The molecule has 0 aromatic heterocycles. The van der Waals surface area contributed by atoms with Crippen LogP contribution in [0.5, 0.6) is 0 Å². The van der Waals surface area contributed by atoms with Crippen molar-refractivity contribution in [1.29, 1.82) is 0 Å². The van der Waals surface area contributed by atoms with Gasteiger partial charge in [0.2, 0.25) is 0 Å². The van der Waals surface area contributed by atoms with Crippen LogP contribution in [0.15, 0.2) is 0 Å². The summed E-state index contributed by atoms with van der Waals surface area (Å²) in [6.45, 7) is 6.59. The molecule has 0 unspecified atom stereocenters. The molecular formula is C32H68Na2O. The summed E-state index contributed by atoms with van der Waals surface area (Å²) in [5, 5.41) is 0. The molecule has 0 spiro atoms. The summed E-state index contributed by atoms with van der Waals surface area (Å²) in [5.74, 6) is 0. The van der Waals surface area contributed by atoms with E-state index < -0.39 is 0 Å². The molecule has 0 heterocycles. The maximum atomic E-state index is 5.85. The van der Waals surface area contributed by atoms with Crippen molar-refractivity contribution in [3.05, 3.63) is 0 Å². The Hall–Kier alpha value is 1.96. The normalized spacial score (nSPS) is 10.8. The first-order valence-electron chi connectivity index (χ1n) is 16.0. The molecule has 35 heavy (non-hydrogen) atoms. The quantitative estimate of drug-likeness (QED) is 0.0819. The number of unbranched alkanes of at least 4 members (excludes halogenated alkanes) is 26. The van der Waals surface area contributed by atoms with Crippen molar-refractivity contribution in [1.82, 2.24) is 0 Å². The van der Waals surface area contributed by atoms with Gasteiger partial charge in [0, 0.05) is 13.2 Å². The molecule has 0 aromatic carbocycles. The van der Waals surface area contributed by atoms with Gasteiger partial charge >= 0.3 is 59.1 Å². The van der Waals surface area contributed by atoms with Crippen molar-refractivity contribution in [3.8, 4) is 0 Å². The van der Waals surface area contributed by atoms with Crippen LogP contribution in [0.1, 0.15) is 196 Å². The minimum absolute atomic E-state index is 0. The minimum atomic E-state index is 0. The zero-order valence-corrected chi connectivity index (χ0v) is 29.6. The van der Waals surface area contributed by atoms with E-state index in [4.69, 9.17) is 4.74 Å². The fraction of sp³-hybridized carbons (Fsp3) is 1.00. The molecule has 0 atom stereocenters. The molecule has 3 heteroatoms.